The lowest BCUT2D eigenvalue weighted by Gasteiger charge is -2.33. The highest BCUT2D eigenvalue weighted by atomic mass is 15.2. The van der Waals surface area contributed by atoms with Gasteiger partial charge in [-0.25, -0.2) is 4.98 Å². The lowest BCUT2D eigenvalue weighted by atomic mass is 10.2. The van der Waals surface area contributed by atoms with Gasteiger partial charge in [-0.3, -0.25) is 4.90 Å². The third-order valence-corrected chi connectivity index (χ3v) is 2.90. The standard InChI is InChI=1S/C10H18N4/c1-9-7-11-3-6-14(9)8-10-12-4-5-13(10)2/h4-5,9,11H,3,6-8H2,1-2H3. The molecule has 14 heavy (non-hydrogen) atoms. The van der Waals surface area contributed by atoms with Crippen LogP contribution in [0.2, 0.25) is 0 Å². The molecule has 0 radical (unpaired) electrons. The van der Waals surface area contributed by atoms with Crippen molar-refractivity contribution in [2.24, 2.45) is 7.05 Å². The molecule has 0 spiro atoms. The van der Waals surface area contributed by atoms with E-state index in [1.807, 2.05) is 12.4 Å². The molecule has 4 nitrogen and oxygen atoms in total. The number of aromatic nitrogens is 2. The van der Waals surface area contributed by atoms with E-state index in [-0.39, 0.29) is 0 Å². The number of imidazole rings is 1. The van der Waals surface area contributed by atoms with Crippen molar-refractivity contribution in [3.05, 3.63) is 18.2 Å². The zero-order valence-electron chi connectivity index (χ0n) is 8.90. The molecule has 1 aliphatic rings. The van der Waals surface area contributed by atoms with Gasteiger partial charge in [-0.1, -0.05) is 0 Å². The Kier molecular flexibility index (Phi) is 2.84. The Morgan fingerprint density at radius 1 is 1.64 bits per heavy atom. The highest BCUT2D eigenvalue weighted by Crippen LogP contribution is 2.07. The average molecular weight is 194 g/mol. The molecule has 78 valence electrons. The number of hydrogen-bond acceptors (Lipinski definition) is 3. The molecule has 1 aromatic heterocycles. The average Bonchev–Trinajstić information content (AvgIpc) is 2.56. The second-order valence-electron chi connectivity index (χ2n) is 3.98. The summed E-state index contributed by atoms with van der Waals surface area (Å²) in [6.07, 6.45) is 3.87. The van der Waals surface area contributed by atoms with Gasteiger partial charge >= 0.3 is 0 Å². The van der Waals surface area contributed by atoms with Gasteiger partial charge in [0.25, 0.3) is 0 Å². The molecule has 2 heterocycles. The zero-order valence-corrected chi connectivity index (χ0v) is 8.90. The first-order valence-corrected chi connectivity index (χ1v) is 5.18. The van der Waals surface area contributed by atoms with Crippen LogP contribution in [0.4, 0.5) is 0 Å². The Hall–Kier alpha value is -0.870. The topological polar surface area (TPSA) is 33.1 Å². The van der Waals surface area contributed by atoms with Gasteiger partial charge in [0, 0.05) is 45.1 Å². The maximum Gasteiger partial charge on any atom is 0.122 e. The van der Waals surface area contributed by atoms with Crippen molar-refractivity contribution >= 4 is 0 Å². The Morgan fingerprint density at radius 2 is 2.50 bits per heavy atom. The van der Waals surface area contributed by atoms with E-state index < -0.39 is 0 Å². The van der Waals surface area contributed by atoms with Crippen molar-refractivity contribution < 1.29 is 0 Å². The fourth-order valence-corrected chi connectivity index (χ4v) is 1.85. The third kappa shape index (κ3) is 1.96. The van der Waals surface area contributed by atoms with Crippen molar-refractivity contribution in [2.45, 2.75) is 19.5 Å². The molecule has 0 aliphatic carbocycles. The van der Waals surface area contributed by atoms with E-state index >= 15 is 0 Å². The van der Waals surface area contributed by atoms with E-state index in [2.05, 4.69) is 33.7 Å². The van der Waals surface area contributed by atoms with Gasteiger partial charge in [-0.2, -0.15) is 0 Å². The molecule has 1 aromatic rings. The van der Waals surface area contributed by atoms with Gasteiger partial charge in [0.1, 0.15) is 5.82 Å². The van der Waals surface area contributed by atoms with E-state index in [0.29, 0.717) is 6.04 Å². The molecule has 4 heteroatoms. The summed E-state index contributed by atoms with van der Waals surface area (Å²) in [6, 6.07) is 0.612. The molecular weight excluding hydrogens is 176 g/mol. The number of rotatable bonds is 2. The van der Waals surface area contributed by atoms with Gasteiger partial charge in [0.15, 0.2) is 0 Å². The molecule has 0 saturated carbocycles. The highest BCUT2D eigenvalue weighted by molar-refractivity contribution is 4.92. The molecule has 1 saturated heterocycles. The van der Waals surface area contributed by atoms with Gasteiger partial charge in [-0.05, 0) is 6.92 Å². The van der Waals surface area contributed by atoms with E-state index in [9.17, 15) is 0 Å². The predicted octanol–water partition coefficient (Wildman–Crippen LogP) is 0.214. The highest BCUT2D eigenvalue weighted by Gasteiger charge is 2.18. The Balaban J connectivity index is 1.99. The van der Waals surface area contributed by atoms with Crippen LogP contribution in [0.5, 0.6) is 0 Å². The van der Waals surface area contributed by atoms with Gasteiger partial charge in [0.2, 0.25) is 0 Å². The molecule has 2 rings (SSSR count). The minimum Gasteiger partial charge on any atom is -0.337 e. The minimum atomic E-state index is 0.612. The van der Waals surface area contributed by atoms with E-state index in [1.54, 1.807) is 0 Å². The van der Waals surface area contributed by atoms with Crippen molar-refractivity contribution in [2.75, 3.05) is 19.6 Å². The van der Waals surface area contributed by atoms with Crippen LogP contribution >= 0.6 is 0 Å². The molecule has 1 fully saturated rings. The SMILES string of the molecule is CC1CNCCN1Cc1nccn1C. The van der Waals surface area contributed by atoms with Crippen LogP contribution in [-0.2, 0) is 13.6 Å². The zero-order chi connectivity index (χ0) is 9.97. The first-order chi connectivity index (χ1) is 6.77. The summed E-state index contributed by atoms with van der Waals surface area (Å²) in [5.41, 5.74) is 0. The Morgan fingerprint density at radius 3 is 3.14 bits per heavy atom. The summed E-state index contributed by atoms with van der Waals surface area (Å²) in [7, 11) is 2.05. The van der Waals surface area contributed by atoms with E-state index in [4.69, 9.17) is 0 Å². The molecule has 0 amide bonds. The van der Waals surface area contributed by atoms with Gasteiger partial charge in [0.05, 0.1) is 6.54 Å². The van der Waals surface area contributed by atoms with Gasteiger partial charge in [-0.15, -0.1) is 0 Å². The maximum absolute atomic E-state index is 4.35. The predicted molar refractivity (Wildman–Crippen MR) is 55.9 cm³/mol. The molecule has 0 aromatic carbocycles. The minimum absolute atomic E-state index is 0.612. The fourth-order valence-electron chi connectivity index (χ4n) is 1.85. The van der Waals surface area contributed by atoms with E-state index in [0.717, 1.165) is 32.0 Å². The lowest BCUT2D eigenvalue weighted by molar-refractivity contribution is 0.160. The number of aryl methyl sites for hydroxylation is 1. The summed E-state index contributed by atoms with van der Waals surface area (Å²) in [6.45, 7) is 6.52. The second kappa shape index (κ2) is 4.11. The smallest absolute Gasteiger partial charge is 0.122 e. The quantitative estimate of drug-likeness (QED) is 0.731. The van der Waals surface area contributed by atoms with Crippen LogP contribution in [0, 0.1) is 0 Å². The summed E-state index contributed by atoms with van der Waals surface area (Å²) in [5, 5.41) is 3.39. The third-order valence-electron chi connectivity index (χ3n) is 2.90. The van der Waals surface area contributed by atoms with Crippen molar-refractivity contribution in [1.29, 1.82) is 0 Å². The first kappa shape index (κ1) is 9.68. The normalized spacial score (nSPS) is 24.0. The van der Waals surface area contributed by atoms with E-state index in [1.165, 1.54) is 0 Å². The van der Waals surface area contributed by atoms with Crippen LogP contribution < -0.4 is 5.32 Å². The molecule has 1 aliphatic heterocycles. The number of hydrogen-bond donors (Lipinski definition) is 1. The molecule has 1 unspecified atom stereocenters. The molecule has 1 atom stereocenters. The molecular formula is C10H18N4. The Bertz CT molecular complexity index is 294. The summed E-state index contributed by atoms with van der Waals surface area (Å²) < 4.78 is 2.09. The Labute approximate surface area is 84.9 Å². The summed E-state index contributed by atoms with van der Waals surface area (Å²) in [4.78, 5) is 6.82. The molecule has 1 N–H and O–H groups in total. The van der Waals surface area contributed by atoms with Crippen LogP contribution in [0.25, 0.3) is 0 Å². The van der Waals surface area contributed by atoms with Crippen LogP contribution in [0.3, 0.4) is 0 Å². The number of piperazine rings is 1. The van der Waals surface area contributed by atoms with Crippen LogP contribution in [-0.4, -0.2) is 40.1 Å². The van der Waals surface area contributed by atoms with Crippen molar-refractivity contribution in [3.63, 3.8) is 0 Å². The maximum atomic E-state index is 4.35. The number of nitrogens with zero attached hydrogens (tertiary/aromatic N) is 3. The van der Waals surface area contributed by atoms with Crippen molar-refractivity contribution in [3.8, 4) is 0 Å². The summed E-state index contributed by atoms with van der Waals surface area (Å²) in [5.74, 6) is 1.15. The molecule has 0 bridgehead atoms. The monoisotopic (exact) mass is 194 g/mol. The van der Waals surface area contributed by atoms with Gasteiger partial charge < -0.3 is 9.88 Å². The lowest BCUT2D eigenvalue weighted by Crippen LogP contribution is -2.49. The fraction of sp³-hybridized carbons (Fsp3) is 0.700. The van der Waals surface area contributed by atoms with Crippen LogP contribution in [0.15, 0.2) is 12.4 Å². The first-order valence-electron chi connectivity index (χ1n) is 5.18. The van der Waals surface area contributed by atoms with Crippen LogP contribution in [0.1, 0.15) is 12.7 Å². The van der Waals surface area contributed by atoms with Crippen molar-refractivity contribution in [1.82, 2.24) is 19.8 Å². The second-order valence-corrected chi connectivity index (χ2v) is 3.98. The number of nitrogens with one attached hydrogen (secondary N) is 1. The largest absolute Gasteiger partial charge is 0.337 e. The summed E-state index contributed by atoms with van der Waals surface area (Å²) >= 11 is 0.